The van der Waals surface area contributed by atoms with E-state index in [4.69, 9.17) is 4.98 Å². The fourth-order valence-electron chi connectivity index (χ4n) is 6.50. The zero-order valence-electron chi connectivity index (χ0n) is 18.8. The highest BCUT2D eigenvalue weighted by Crippen LogP contribution is 2.47. The molecule has 2 aliphatic rings. The molecule has 0 N–H and O–H groups in total. The molecule has 0 saturated carbocycles. The lowest BCUT2D eigenvalue weighted by Gasteiger charge is -2.09. The Labute approximate surface area is 200 Å². The highest BCUT2D eigenvalue weighted by atomic mass is 15.0. The van der Waals surface area contributed by atoms with Crippen LogP contribution in [0.3, 0.4) is 0 Å². The Hall–Kier alpha value is -4.57. The number of aromatic nitrogens is 4. The third-order valence-electron chi connectivity index (χ3n) is 7.99. The van der Waals surface area contributed by atoms with E-state index in [1.807, 2.05) is 24.8 Å². The number of benzene rings is 3. The van der Waals surface area contributed by atoms with Crippen LogP contribution in [0.4, 0.5) is 0 Å². The van der Waals surface area contributed by atoms with Crippen molar-refractivity contribution in [1.29, 1.82) is 0 Å². The average molecular weight is 447 g/mol. The lowest BCUT2D eigenvalue weighted by Crippen LogP contribution is -1.94. The summed E-state index contributed by atoms with van der Waals surface area (Å²) < 4.78 is 2.34. The topological polar surface area (TPSA) is 43.1 Å². The van der Waals surface area contributed by atoms with E-state index >= 15 is 0 Å². The molecule has 0 unspecified atom stereocenters. The summed E-state index contributed by atoms with van der Waals surface area (Å²) in [6.07, 6.45) is 9.57. The second-order valence-corrected chi connectivity index (χ2v) is 9.72. The predicted molar refractivity (Wildman–Crippen MR) is 140 cm³/mol. The quantitative estimate of drug-likeness (QED) is 0.243. The van der Waals surface area contributed by atoms with Gasteiger partial charge in [0.05, 0.1) is 16.6 Å². The van der Waals surface area contributed by atoms with Gasteiger partial charge in [-0.15, -0.1) is 0 Å². The van der Waals surface area contributed by atoms with Gasteiger partial charge in [-0.2, -0.15) is 0 Å². The third kappa shape index (κ3) is 2.15. The molecule has 0 fully saturated rings. The second-order valence-electron chi connectivity index (χ2n) is 9.72. The first kappa shape index (κ1) is 17.8. The Balaban J connectivity index is 1.40. The van der Waals surface area contributed by atoms with E-state index in [1.165, 1.54) is 50.0 Å². The van der Waals surface area contributed by atoms with Crippen molar-refractivity contribution >= 4 is 38.4 Å². The van der Waals surface area contributed by atoms with Crippen molar-refractivity contribution < 1.29 is 0 Å². The molecule has 2 aliphatic carbocycles. The van der Waals surface area contributed by atoms with Crippen molar-refractivity contribution in [2.75, 3.05) is 0 Å². The maximum Gasteiger partial charge on any atom is 0.147 e. The largest absolute Gasteiger partial charge is 0.291 e. The molecule has 4 heteroatoms. The van der Waals surface area contributed by atoms with Crippen LogP contribution in [0.2, 0.25) is 0 Å². The molecule has 0 saturated heterocycles. The zero-order chi connectivity index (χ0) is 22.7. The number of fused-ring (bicyclic) bond motifs is 15. The molecule has 0 amide bonds. The maximum atomic E-state index is 5.13. The molecule has 9 rings (SSSR count). The van der Waals surface area contributed by atoms with Crippen LogP contribution in [0.5, 0.6) is 0 Å². The molecule has 35 heavy (non-hydrogen) atoms. The van der Waals surface area contributed by atoms with Gasteiger partial charge in [0.1, 0.15) is 5.65 Å². The summed E-state index contributed by atoms with van der Waals surface area (Å²) in [7, 11) is 0. The molecule has 3 aromatic carbocycles. The monoisotopic (exact) mass is 446 g/mol. The molecule has 4 heterocycles. The van der Waals surface area contributed by atoms with E-state index in [1.54, 1.807) is 0 Å². The van der Waals surface area contributed by atoms with E-state index in [-0.39, 0.29) is 0 Å². The van der Waals surface area contributed by atoms with Crippen molar-refractivity contribution in [2.24, 2.45) is 0 Å². The Morgan fingerprint density at radius 2 is 1.46 bits per heavy atom. The molecule has 4 aromatic heterocycles. The zero-order valence-corrected chi connectivity index (χ0v) is 18.8. The standard InChI is InChI=1S/C31H18N4/c1-2-4-20-17(3-1)11-18-12-19-13-25-21(24(19)14-23(18)20)5-6-28-30(25)35-29-8-10-33-15-26(29)22-7-9-32-16-27(22)31(35)34-28/h1-10,12,14-16H,11,13H2. The van der Waals surface area contributed by atoms with Gasteiger partial charge in [-0.3, -0.25) is 14.4 Å². The smallest absolute Gasteiger partial charge is 0.147 e. The first-order valence-corrected chi connectivity index (χ1v) is 12.0. The van der Waals surface area contributed by atoms with Crippen molar-refractivity contribution in [3.05, 3.63) is 108 Å². The molecule has 0 radical (unpaired) electrons. The Morgan fingerprint density at radius 1 is 0.629 bits per heavy atom. The lowest BCUT2D eigenvalue weighted by molar-refractivity contribution is 1.20. The molecule has 4 nitrogen and oxygen atoms in total. The molecule has 162 valence electrons. The van der Waals surface area contributed by atoms with E-state index in [9.17, 15) is 0 Å². The Morgan fingerprint density at radius 3 is 2.43 bits per heavy atom. The fourth-order valence-corrected chi connectivity index (χ4v) is 6.50. The van der Waals surface area contributed by atoms with Crippen LogP contribution in [0.25, 0.3) is 60.6 Å². The number of nitrogens with zero attached hydrogens (tertiary/aromatic N) is 4. The van der Waals surface area contributed by atoms with Gasteiger partial charge in [0, 0.05) is 42.0 Å². The predicted octanol–water partition coefficient (Wildman–Crippen LogP) is 6.73. The van der Waals surface area contributed by atoms with Crippen LogP contribution in [0, 0.1) is 0 Å². The molecule has 0 spiro atoms. The van der Waals surface area contributed by atoms with Gasteiger partial charge in [-0.25, -0.2) is 4.98 Å². The molecule has 0 bridgehead atoms. The van der Waals surface area contributed by atoms with Crippen molar-refractivity contribution in [3.8, 4) is 22.3 Å². The Kier molecular flexibility index (Phi) is 3.11. The summed E-state index contributed by atoms with van der Waals surface area (Å²) >= 11 is 0. The summed E-state index contributed by atoms with van der Waals surface area (Å²) in [5.41, 5.74) is 15.5. The fraction of sp³-hybridized carbons (Fsp3) is 0.0645. The first-order chi connectivity index (χ1) is 17.3. The van der Waals surface area contributed by atoms with Gasteiger partial charge in [-0.1, -0.05) is 36.4 Å². The van der Waals surface area contributed by atoms with Gasteiger partial charge in [0.2, 0.25) is 0 Å². The lowest BCUT2D eigenvalue weighted by atomic mass is 9.98. The second kappa shape index (κ2) is 6.10. The van der Waals surface area contributed by atoms with Crippen LogP contribution in [-0.4, -0.2) is 19.4 Å². The third-order valence-corrected chi connectivity index (χ3v) is 7.99. The summed E-state index contributed by atoms with van der Waals surface area (Å²) in [5, 5.41) is 3.32. The van der Waals surface area contributed by atoms with Crippen LogP contribution in [0.1, 0.15) is 22.3 Å². The van der Waals surface area contributed by atoms with E-state index in [0.29, 0.717) is 0 Å². The maximum absolute atomic E-state index is 5.13. The summed E-state index contributed by atoms with van der Waals surface area (Å²) in [5.74, 6) is 0. The van der Waals surface area contributed by atoms with Gasteiger partial charge >= 0.3 is 0 Å². The van der Waals surface area contributed by atoms with Gasteiger partial charge in [0.15, 0.2) is 0 Å². The number of rotatable bonds is 0. The minimum atomic E-state index is 0.928. The normalized spacial score (nSPS) is 13.5. The van der Waals surface area contributed by atoms with Crippen LogP contribution in [0.15, 0.2) is 85.5 Å². The SMILES string of the molecule is c1ccc2c(c1)Cc1cc3c(cc1-2)-c1ccc2nc4c5cnccc5c5cnccc5n4c2c1C3. The summed E-state index contributed by atoms with van der Waals surface area (Å²) in [6.45, 7) is 0. The van der Waals surface area contributed by atoms with Gasteiger partial charge in [-0.05, 0) is 80.6 Å². The molecule has 0 aliphatic heterocycles. The number of hydrogen-bond donors (Lipinski definition) is 0. The summed E-state index contributed by atoms with van der Waals surface area (Å²) in [6, 6.07) is 22.3. The van der Waals surface area contributed by atoms with Gasteiger partial charge < -0.3 is 0 Å². The molecular formula is C31H18N4. The van der Waals surface area contributed by atoms with Crippen LogP contribution >= 0.6 is 0 Å². The number of pyridine rings is 3. The first-order valence-electron chi connectivity index (χ1n) is 12.0. The summed E-state index contributed by atoms with van der Waals surface area (Å²) in [4.78, 5) is 14.0. The number of hydrogen-bond acceptors (Lipinski definition) is 3. The minimum absolute atomic E-state index is 0.928. The van der Waals surface area contributed by atoms with Crippen molar-refractivity contribution in [2.45, 2.75) is 12.8 Å². The van der Waals surface area contributed by atoms with E-state index in [0.717, 1.165) is 45.7 Å². The number of imidazole rings is 1. The van der Waals surface area contributed by atoms with E-state index in [2.05, 4.69) is 75.0 Å². The van der Waals surface area contributed by atoms with Gasteiger partial charge in [0.25, 0.3) is 0 Å². The highest BCUT2D eigenvalue weighted by molar-refractivity contribution is 6.14. The molecular weight excluding hydrogens is 428 g/mol. The average Bonchev–Trinajstić information content (AvgIpc) is 3.58. The molecule has 0 atom stereocenters. The van der Waals surface area contributed by atoms with Crippen LogP contribution in [-0.2, 0) is 12.8 Å². The van der Waals surface area contributed by atoms with Crippen molar-refractivity contribution in [1.82, 2.24) is 19.4 Å². The highest BCUT2D eigenvalue weighted by Gasteiger charge is 2.28. The molecule has 7 aromatic rings. The van der Waals surface area contributed by atoms with Crippen molar-refractivity contribution in [3.63, 3.8) is 0 Å². The minimum Gasteiger partial charge on any atom is -0.291 e. The Bertz CT molecular complexity index is 2070. The van der Waals surface area contributed by atoms with Crippen LogP contribution < -0.4 is 0 Å². The van der Waals surface area contributed by atoms with E-state index < -0.39 is 0 Å².